The highest BCUT2D eigenvalue weighted by Crippen LogP contribution is 2.32. The maximum absolute atomic E-state index is 12.4. The van der Waals surface area contributed by atoms with E-state index in [0.717, 1.165) is 24.8 Å². The molecule has 124 valence electrons. The molecule has 1 amide bonds. The number of amides is 1. The Morgan fingerprint density at radius 2 is 2.05 bits per heavy atom. The van der Waals surface area contributed by atoms with Gasteiger partial charge in [-0.25, -0.2) is 0 Å². The van der Waals surface area contributed by atoms with E-state index in [1.54, 1.807) is 4.90 Å². The van der Waals surface area contributed by atoms with Crippen molar-refractivity contribution in [3.8, 4) is 0 Å². The maximum Gasteiger partial charge on any atom is 0.225 e. The Morgan fingerprint density at radius 3 is 2.73 bits per heavy atom. The second kappa shape index (κ2) is 9.82. The summed E-state index contributed by atoms with van der Waals surface area (Å²) < 4.78 is 5.64. The fourth-order valence-corrected chi connectivity index (χ4v) is 3.00. The molecule has 0 unspecified atom stereocenters. The summed E-state index contributed by atoms with van der Waals surface area (Å²) in [5.41, 5.74) is 6.91. The van der Waals surface area contributed by atoms with Gasteiger partial charge in [0.15, 0.2) is 0 Å². The molecule has 2 atom stereocenters. The zero-order valence-corrected chi connectivity index (χ0v) is 14.1. The van der Waals surface area contributed by atoms with Gasteiger partial charge in [0.05, 0.1) is 13.2 Å². The number of nitrogens with zero attached hydrogens (tertiary/aromatic N) is 1. The van der Waals surface area contributed by atoms with Crippen LogP contribution in [0.5, 0.6) is 0 Å². The summed E-state index contributed by atoms with van der Waals surface area (Å²) in [6.07, 6.45) is 3.19. The van der Waals surface area contributed by atoms with Crippen LogP contribution in [-0.2, 0) is 16.1 Å². The van der Waals surface area contributed by atoms with Gasteiger partial charge in [-0.3, -0.25) is 4.79 Å². The summed E-state index contributed by atoms with van der Waals surface area (Å²) in [5.74, 6) is 0.713. The first-order chi connectivity index (χ1) is 10.2. The quantitative estimate of drug-likeness (QED) is 0.783. The van der Waals surface area contributed by atoms with Crippen molar-refractivity contribution in [2.24, 2.45) is 17.6 Å². The minimum Gasteiger partial charge on any atom is -0.375 e. The second-order valence-corrected chi connectivity index (χ2v) is 5.83. The number of nitrogens with two attached hydrogens (primary N) is 1. The van der Waals surface area contributed by atoms with Crippen LogP contribution in [0.2, 0.25) is 0 Å². The van der Waals surface area contributed by atoms with Crippen LogP contribution < -0.4 is 5.73 Å². The molecule has 5 heteroatoms. The fraction of sp³-hybridized carbons (Fsp3) is 0.588. The maximum atomic E-state index is 12.4. The van der Waals surface area contributed by atoms with Crippen LogP contribution in [0, 0.1) is 11.8 Å². The van der Waals surface area contributed by atoms with Crippen LogP contribution in [-0.4, -0.2) is 37.6 Å². The van der Waals surface area contributed by atoms with Crippen LogP contribution >= 0.6 is 12.4 Å². The highest BCUT2D eigenvalue weighted by atomic mass is 35.5. The Morgan fingerprint density at radius 1 is 1.32 bits per heavy atom. The van der Waals surface area contributed by atoms with Gasteiger partial charge in [-0.2, -0.15) is 0 Å². The number of likely N-dealkylation sites (N-methyl/N-ethyl adjacent to an activating group) is 1. The predicted octanol–water partition coefficient (Wildman–Crippen LogP) is 2.46. The first kappa shape index (κ1) is 18.9. The normalized spacial score (nSPS) is 20.5. The zero-order valence-electron chi connectivity index (χ0n) is 13.2. The van der Waals surface area contributed by atoms with Gasteiger partial charge < -0.3 is 15.4 Å². The molecule has 0 aromatic heterocycles. The fourth-order valence-electron chi connectivity index (χ4n) is 3.00. The molecular formula is C17H27ClN2O2. The third kappa shape index (κ3) is 5.27. The Kier molecular flexibility index (Phi) is 8.46. The highest BCUT2D eigenvalue weighted by molar-refractivity contribution is 5.85. The van der Waals surface area contributed by atoms with E-state index in [2.05, 4.69) is 0 Å². The van der Waals surface area contributed by atoms with E-state index < -0.39 is 0 Å². The van der Waals surface area contributed by atoms with E-state index in [-0.39, 0.29) is 24.2 Å². The van der Waals surface area contributed by atoms with E-state index >= 15 is 0 Å². The largest absolute Gasteiger partial charge is 0.375 e. The van der Waals surface area contributed by atoms with Crippen molar-refractivity contribution in [1.82, 2.24) is 4.90 Å². The monoisotopic (exact) mass is 326 g/mol. The van der Waals surface area contributed by atoms with Gasteiger partial charge in [0.2, 0.25) is 5.91 Å². The lowest BCUT2D eigenvalue weighted by atomic mass is 9.95. The van der Waals surface area contributed by atoms with E-state index in [0.29, 0.717) is 32.2 Å². The van der Waals surface area contributed by atoms with Gasteiger partial charge in [-0.1, -0.05) is 36.8 Å². The number of hydrogen-bond acceptors (Lipinski definition) is 3. The molecule has 1 aromatic carbocycles. The number of halogens is 1. The first-order valence-corrected chi connectivity index (χ1v) is 7.79. The van der Waals surface area contributed by atoms with Gasteiger partial charge in [0, 0.05) is 19.5 Å². The van der Waals surface area contributed by atoms with E-state index in [9.17, 15) is 4.79 Å². The van der Waals surface area contributed by atoms with Crippen molar-refractivity contribution in [2.75, 3.05) is 26.7 Å². The molecule has 0 aliphatic heterocycles. The second-order valence-electron chi connectivity index (χ2n) is 5.83. The highest BCUT2D eigenvalue weighted by Gasteiger charge is 2.33. The Labute approximate surface area is 139 Å². The topological polar surface area (TPSA) is 55.6 Å². The summed E-state index contributed by atoms with van der Waals surface area (Å²) in [6.45, 7) is 2.42. The van der Waals surface area contributed by atoms with E-state index in [1.165, 1.54) is 0 Å². The van der Waals surface area contributed by atoms with Crippen molar-refractivity contribution in [1.29, 1.82) is 0 Å². The standard InChI is InChI=1S/C17H26N2O2.ClH/c1-19(17(20)16-9-5-8-15(16)12-18)10-11-21-13-14-6-3-2-4-7-14;/h2-4,6-7,15-16H,5,8-13,18H2,1H3;1H/t15-,16-;/m1./s1. The number of rotatable bonds is 7. The molecule has 1 aliphatic rings. The van der Waals surface area contributed by atoms with Crippen LogP contribution in [0.4, 0.5) is 0 Å². The Balaban J connectivity index is 0.00000242. The number of carbonyl (C=O) groups excluding carboxylic acids is 1. The van der Waals surface area contributed by atoms with Crippen LogP contribution in [0.25, 0.3) is 0 Å². The lowest BCUT2D eigenvalue weighted by molar-refractivity contribution is -0.136. The minimum absolute atomic E-state index is 0. The zero-order chi connectivity index (χ0) is 15.1. The third-order valence-electron chi connectivity index (χ3n) is 4.34. The molecular weight excluding hydrogens is 300 g/mol. The molecule has 0 heterocycles. The third-order valence-corrected chi connectivity index (χ3v) is 4.34. The summed E-state index contributed by atoms with van der Waals surface area (Å²) in [7, 11) is 1.86. The van der Waals surface area contributed by atoms with Gasteiger partial charge in [0.25, 0.3) is 0 Å². The average molecular weight is 327 g/mol. The lowest BCUT2D eigenvalue weighted by Gasteiger charge is -2.24. The Hall–Kier alpha value is -1.10. The minimum atomic E-state index is 0. The van der Waals surface area contributed by atoms with E-state index in [1.807, 2.05) is 37.4 Å². The van der Waals surface area contributed by atoms with Crippen LogP contribution in [0.3, 0.4) is 0 Å². The summed E-state index contributed by atoms with van der Waals surface area (Å²) in [5, 5.41) is 0. The molecule has 4 nitrogen and oxygen atoms in total. The molecule has 0 saturated heterocycles. The molecule has 2 rings (SSSR count). The van der Waals surface area contributed by atoms with Crippen molar-refractivity contribution < 1.29 is 9.53 Å². The van der Waals surface area contributed by atoms with Crippen LogP contribution in [0.15, 0.2) is 30.3 Å². The van der Waals surface area contributed by atoms with E-state index in [4.69, 9.17) is 10.5 Å². The summed E-state index contributed by atoms with van der Waals surface area (Å²) >= 11 is 0. The lowest BCUT2D eigenvalue weighted by Crippen LogP contribution is -2.38. The smallest absolute Gasteiger partial charge is 0.225 e. The SMILES string of the molecule is CN(CCOCc1ccccc1)C(=O)[C@@H]1CCC[C@@H]1CN.Cl. The molecule has 0 spiro atoms. The van der Waals surface area contributed by atoms with Crippen LogP contribution in [0.1, 0.15) is 24.8 Å². The van der Waals surface area contributed by atoms with Crippen molar-refractivity contribution in [3.63, 3.8) is 0 Å². The number of hydrogen-bond donors (Lipinski definition) is 1. The molecule has 0 radical (unpaired) electrons. The molecule has 2 N–H and O–H groups in total. The van der Waals surface area contributed by atoms with Crippen molar-refractivity contribution in [3.05, 3.63) is 35.9 Å². The van der Waals surface area contributed by atoms with Gasteiger partial charge in [-0.05, 0) is 30.9 Å². The first-order valence-electron chi connectivity index (χ1n) is 7.79. The average Bonchev–Trinajstić information content (AvgIpc) is 3.00. The summed E-state index contributed by atoms with van der Waals surface area (Å²) in [6, 6.07) is 10.1. The molecule has 1 aromatic rings. The Bertz CT molecular complexity index is 442. The van der Waals surface area contributed by atoms with Crippen molar-refractivity contribution in [2.45, 2.75) is 25.9 Å². The molecule has 0 bridgehead atoms. The number of carbonyl (C=O) groups is 1. The molecule has 22 heavy (non-hydrogen) atoms. The molecule has 1 fully saturated rings. The molecule has 1 saturated carbocycles. The van der Waals surface area contributed by atoms with Gasteiger partial charge >= 0.3 is 0 Å². The molecule has 1 aliphatic carbocycles. The van der Waals surface area contributed by atoms with Gasteiger partial charge in [-0.15, -0.1) is 12.4 Å². The predicted molar refractivity (Wildman–Crippen MR) is 90.9 cm³/mol. The van der Waals surface area contributed by atoms with Gasteiger partial charge in [0.1, 0.15) is 0 Å². The number of ether oxygens (including phenoxy) is 1. The number of benzene rings is 1. The van der Waals surface area contributed by atoms with Crippen molar-refractivity contribution >= 4 is 18.3 Å². The summed E-state index contributed by atoms with van der Waals surface area (Å²) in [4.78, 5) is 14.2.